The standard InChI is InChI=1S/C18H21Cl2N5O/c1-13(15-4-3-14(19)11-16(15)20)23-17(26)12-24-7-9-25(10-8-24)18-21-5-2-6-22-18/h2-6,11,13H,7-10,12H2,1H3,(H,23,26)/t13-/m1/s1. The van der Waals surface area contributed by atoms with Crippen molar-refractivity contribution in [3.8, 4) is 0 Å². The van der Waals surface area contributed by atoms with Crippen molar-refractivity contribution in [2.75, 3.05) is 37.6 Å². The lowest BCUT2D eigenvalue weighted by Gasteiger charge is -2.34. The molecule has 138 valence electrons. The van der Waals surface area contributed by atoms with E-state index in [1.165, 1.54) is 0 Å². The number of nitrogens with one attached hydrogen (secondary N) is 1. The van der Waals surface area contributed by atoms with Gasteiger partial charge in [0.05, 0.1) is 12.6 Å². The van der Waals surface area contributed by atoms with Gasteiger partial charge in [0.2, 0.25) is 11.9 Å². The first-order chi connectivity index (χ1) is 12.5. The lowest BCUT2D eigenvalue weighted by atomic mass is 10.1. The molecule has 8 heteroatoms. The van der Waals surface area contributed by atoms with Crippen LogP contribution in [0.25, 0.3) is 0 Å². The number of nitrogens with zero attached hydrogens (tertiary/aromatic N) is 4. The number of hydrogen-bond donors (Lipinski definition) is 1. The average molecular weight is 394 g/mol. The number of carbonyl (C=O) groups excluding carboxylic acids is 1. The lowest BCUT2D eigenvalue weighted by Crippen LogP contribution is -2.50. The molecule has 0 spiro atoms. The molecule has 1 aliphatic rings. The summed E-state index contributed by atoms with van der Waals surface area (Å²) in [5.74, 6) is 0.718. The maximum Gasteiger partial charge on any atom is 0.234 e. The fourth-order valence-corrected chi connectivity index (χ4v) is 3.55. The Kier molecular flexibility index (Phi) is 6.29. The van der Waals surface area contributed by atoms with Gasteiger partial charge in [0.1, 0.15) is 0 Å². The molecule has 26 heavy (non-hydrogen) atoms. The van der Waals surface area contributed by atoms with Crippen molar-refractivity contribution >= 4 is 35.1 Å². The molecule has 0 radical (unpaired) electrons. The van der Waals surface area contributed by atoms with E-state index in [2.05, 4.69) is 25.1 Å². The van der Waals surface area contributed by atoms with Gasteiger partial charge in [-0.15, -0.1) is 0 Å². The Balaban J connectivity index is 1.48. The van der Waals surface area contributed by atoms with Crippen LogP contribution in [-0.2, 0) is 4.79 Å². The first-order valence-electron chi connectivity index (χ1n) is 8.51. The van der Waals surface area contributed by atoms with Crippen LogP contribution in [0.15, 0.2) is 36.7 Å². The molecule has 1 atom stereocenters. The second-order valence-electron chi connectivity index (χ2n) is 6.27. The van der Waals surface area contributed by atoms with Gasteiger partial charge < -0.3 is 10.2 Å². The van der Waals surface area contributed by atoms with E-state index in [9.17, 15) is 4.79 Å². The van der Waals surface area contributed by atoms with E-state index in [0.29, 0.717) is 16.6 Å². The summed E-state index contributed by atoms with van der Waals surface area (Å²) in [6.07, 6.45) is 3.48. The molecular formula is C18H21Cl2N5O. The predicted molar refractivity (Wildman–Crippen MR) is 104 cm³/mol. The van der Waals surface area contributed by atoms with Crippen LogP contribution in [0.1, 0.15) is 18.5 Å². The molecule has 2 aromatic rings. The van der Waals surface area contributed by atoms with Crippen molar-refractivity contribution in [1.29, 1.82) is 0 Å². The monoisotopic (exact) mass is 393 g/mol. The number of rotatable bonds is 5. The topological polar surface area (TPSA) is 61.4 Å². The highest BCUT2D eigenvalue weighted by atomic mass is 35.5. The van der Waals surface area contributed by atoms with Crippen LogP contribution in [-0.4, -0.2) is 53.5 Å². The third kappa shape index (κ3) is 4.84. The van der Waals surface area contributed by atoms with Crippen LogP contribution >= 0.6 is 23.2 Å². The molecule has 1 aromatic heterocycles. The van der Waals surface area contributed by atoms with Crippen LogP contribution in [0.3, 0.4) is 0 Å². The van der Waals surface area contributed by atoms with Crippen molar-refractivity contribution in [2.24, 2.45) is 0 Å². The van der Waals surface area contributed by atoms with Crippen LogP contribution < -0.4 is 10.2 Å². The summed E-state index contributed by atoms with van der Waals surface area (Å²) in [4.78, 5) is 25.2. The molecular weight excluding hydrogens is 373 g/mol. The summed E-state index contributed by atoms with van der Waals surface area (Å²) in [6, 6.07) is 6.93. The van der Waals surface area contributed by atoms with Crippen LogP contribution in [0.4, 0.5) is 5.95 Å². The van der Waals surface area contributed by atoms with Gasteiger partial charge in [-0.05, 0) is 30.7 Å². The fraction of sp³-hybridized carbons (Fsp3) is 0.389. The van der Waals surface area contributed by atoms with E-state index in [1.807, 2.05) is 13.0 Å². The predicted octanol–water partition coefficient (Wildman–Crippen LogP) is 2.78. The number of amides is 1. The number of anilines is 1. The Morgan fingerprint density at radius 1 is 1.19 bits per heavy atom. The number of benzene rings is 1. The van der Waals surface area contributed by atoms with Gasteiger partial charge in [-0.2, -0.15) is 0 Å². The second-order valence-corrected chi connectivity index (χ2v) is 7.11. The van der Waals surface area contributed by atoms with Crippen molar-refractivity contribution in [3.05, 3.63) is 52.3 Å². The van der Waals surface area contributed by atoms with Gasteiger partial charge in [0, 0.05) is 48.6 Å². The number of hydrogen-bond acceptors (Lipinski definition) is 5. The van der Waals surface area contributed by atoms with Gasteiger partial charge in [0.25, 0.3) is 0 Å². The van der Waals surface area contributed by atoms with Crippen molar-refractivity contribution in [1.82, 2.24) is 20.2 Å². The van der Waals surface area contributed by atoms with Gasteiger partial charge in [0.15, 0.2) is 0 Å². The van der Waals surface area contributed by atoms with Gasteiger partial charge in [-0.1, -0.05) is 29.3 Å². The summed E-state index contributed by atoms with van der Waals surface area (Å²) in [6.45, 7) is 5.46. The number of aromatic nitrogens is 2. The van der Waals surface area contributed by atoms with Gasteiger partial charge >= 0.3 is 0 Å². The molecule has 1 saturated heterocycles. The molecule has 6 nitrogen and oxygen atoms in total. The highest BCUT2D eigenvalue weighted by molar-refractivity contribution is 6.35. The molecule has 2 heterocycles. The third-order valence-corrected chi connectivity index (χ3v) is 4.94. The Morgan fingerprint density at radius 3 is 2.54 bits per heavy atom. The maximum atomic E-state index is 12.4. The van der Waals surface area contributed by atoms with Crippen molar-refractivity contribution < 1.29 is 4.79 Å². The minimum Gasteiger partial charge on any atom is -0.348 e. The van der Waals surface area contributed by atoms with Crippen molar-refractivity contribution in [3.63, 3.8) is 0 Å². The summed E-state index contributed by atoms with van der Waals surface area (Å²) >= 11 is 12.1. The van der Waals surface area contributed by atoms with Gasteiger partial charge in [-0.25, -0.2) is 9.97 Å². The van der Waals surface area contributed by atoms with E-state index >= 15 is 0 Å². The lowest BCUT2D eigenvalue weighted by molar-refractivity contribution is -0.123. The Hall–Kier alpha value is -1.89. The molecule has 1 amide bonds. The zero-order valence-electron chi connectivity index (χ0n) is 14.5. The Morgan fingerprint density at radius 2 is 1.88 bits per heavy atom. The zero-order chi connectivity index (χ0) is 18.5. The molecule has 0 bridgehead atoms. The smallest absolute Gasteiger partial charge is 0.234 e. The minimum atomic E-state index is -0.175. The van der Waals surface area contributed by atoms with E-state index in [-0.39, 0.29) is 11.9 Å². The molecule has 1 N–H and O–H groups in total. The van der Waals surface area contributed by atoms with E-state index in [0.717, 1.165) is 37.7 Å². The van der Waals surface area contributed by atoms with E-state index in [4.69, 9.17) is 23.2 Å². The summed E-state index contributed by atoms with van der Waals surface area (Å²) < 4.78 is 0. The molecule has 0 unspecified atom stereocenters. The number of halogens is 2. The number of piperazine rings is 1. The Labute approximate surface area is 163 Å². The highest BCUT2D eigenvalue weighted by Gasteiger charge is 2.21. The molecule has 1 fully saturated rings. The second kappa shape index (κ2) is 8.66. The summed E-state index contributed by atoms with van der Waals surface area (Å²) in [5.41, 5.74) is 0.857. The normalized spacial score (nSPS) is 16.3. The largest absolute Gasteiger partial charge is 0.348 e. The van der Waals surface area contributed by atoms with Crippen molar-refractivity contribution in [2.45, 2.75) is 13.0 Å². The SMILES string of the molecule is C[C@@H](NC(=O)CN1CCN(c2ncccn2)CC1)c1ccc(Cl)cc1Cl. The van der Waals surface area contributed by atoms with Crippen LogP contribution in [0.2, 0.25) is 10.0 Å². The quantitative estimate of drug-likeness (QED) is 0.845. The molecule has 1 aromatic carbocycles. The summed E-state index contributed by atoms with van der Waals surface area (Å²) in [5, 5.41) is 4.14. The molecule has 0 aliphatic carbocycles. The fourth-order valence-electron chi connectivity index (χ4n) is 2.98. The Bertz CT molecular complexity index is 751. The van der Waals surface area contributed by atoms with Crippen LogP contribution in [0, 0.1) is 0 Å². The third-order valence-electron chi connectivity index (χ3n) is 4.38. The van der Waals surface area contributed by atoms with Gasteiger partial charge in [-0.3, -0.25) is 9.69 Å². The average Bonchev–Trinajstić information content (AvgIpc) is 2.63. The maximum absolute atomic E-state index is 12.4. The molecule has 3 rings (SSSR count). The zero-order valence-corrected chi connectivity index (χ0v) is 16.0. The highest BCUT2D eigenvalue weighted by Crippen LogP contribution is 2.26. The number of carbonyl (C=O) groups is 1. The first-order valence-corrected chi connectivity index (χ1v) is 9.27. The summed E-state index contributed by atoms with van der Waals surface area (Å²) in [7, 11) is 0. The minimum absolute atomic E-state index is 0.0204. The van der Waals surface area contributed by atoms with E-state index < -0.39 is 0 Å². The molecule has 0 saturated carbocycles. The van der Waals surface area contributed by atoms with E-state index in [1.54, 1.807) is 30.6 Å². The first kappa shape index (κ1) is 18.9. The molecule has 1 aliphatic heterocycles. The van der Waals surface area contributed by atoms with Crippen LogP contribution in [0.5, 0.6) is 0 Å².